The second kappa shape index (κ2) is 13.0. The van der Waals surface area contributed by atoms with Crippen LogP contribution in [-0.4, -0.2) is 90.5 Å². The minimum Gasteiger partial charge on any atom is -0.504 e. The number of piperazine rings is 1. The van der Waals surface area contributed by atoms with Gasteiger partial charge in [0, 0.05) is 57.5 Å². The van der Waals surface area contributed by atoms with Gasteiger partial charge in [-0.05, 0) is 54.0 Å². The lowest BCUT2D eigenvalue weighted by molar-refractivity contribution is -0.144. The highest BCUT2D eigenvalue weighted by Gasteiger charge is 2.59. The molecule has 4 aliphatic rings. The Kier molecular flexibility index (Phi) is 9.35. The van der Waals surface area contributed by atoms with Gasteiger partial charge in [-0.15, -0.1) is 0 Å². The average molecular weight is 648 g/mol. The summed E-state index contributed by atoms with van der Waals surface area (Å²) in [6.07, 6.45) is 2.59. The Morgan fingerprint density at radius 3 is 2.38 bits per heavy atom. The van der Waals surface area contributed by atoms with Crippen molar-refractivity contribution in [1.29, 1.82) is 5.26 Å². The van der Waals surface area contributed by atoms with E-state index in [0.29, 0.717) is 39.8 Å². The summed E-state index contributed by atoms with van der Waals surface area (Å²) in [6, 6.07) is -1.17. The maximum Gasteiger partial charge on any atom is 0.333 e. The summed E-state index contributed by atoms with van der Waals surface area (Å²) >= 11 is 0. The molecule has 0 unspecified atom stereocenters. The van der Waals surface area contributed by atoms with Crippen molar-refractivity contribution in [3.8, 4) is 23.3 Å². The lowest BCUT2D eigenvalue weighted by atomic mass is 9.69. The number of rotatable bonds is 8. The molecule has 1 aliphatic carbocycles. The average Bonchev–Trinajstić information content (AvgIpc) is 3.04. The second-order valence-corrected chi connectivity index (χ2v) is 12.4. The molecule has 12 heteroatoms. The van der Waals surface area contributed by atoms with E-state index in [-0.39, 0.29) is 60.2 Å². The van der Waals surface area contributed by atoms with E-state index in [1.807, 2.05) is 23.8 Å². The number of phenolic OH excluding ortho intramolecular Hbond substituents is 1. The standard InChI is InChI=1S/C35H41N3O9/c1-9-11-25(39)47-32-18(5)34(45-8)30(41)26-20(32)13-22-28-27-19(29(40)17(4)33(44-7)31(27)42)12-21(37(28)6)23(14-36)38(22)24(26)15-46-35(43)16(3)10-2/h10,21-24,28,41H,9,11-13,15H2,1-8H3/b16-10-/t21-,22+,23+,24+,28+/m1/s1. The van der Waals surface area contributed by atoms with Crippen LogP contribution < -0.4 is 9.47 Å². The van der Waals surface area contributed by atoms with Crippen LogP contribution in [0.2, 0.25) is 0 Å². The number of ether oxygens (including phenoxy) is 4. The van der Waals surface area contributed by atoms with Crippen molar-refractivity contribution in [2.75, 3.05) is 27.9 Å². The van der Waals surface area contributed by atoms with Crippen molar-refractivity contribution in [2.24, 2.45) is 0 Å². The van der Waals surface area contributed by atoms with Crippen LogP contribution in [0, 0.1) is 18.3 Å². The van der Waals surface area contributed by atoms with E-state index < -0.39 is 47.9 Å². The predicted molar refractivity (Wildman–Crippen MR) is 169 cm³/mol. The van der Waals surface area contributed by atoms with E-state index in [1.54, 1.807) is 33.8 Å². The van der Waals surface area contributed by atoms with Gasteiger partial charge in [-0.25, -0.2) is 4.79 Å². The molecule has 5 rings (SSSR count). The zero-order valence-electron chi connectivity index (χ0n) is 28.1. The number of hydrogen-bond donors (Lipinski definition) is 1. The van der Waals surface area contributed by atoms with Crippen LogP contribution in [0.25, 0.3) is 0 Å². The topological polar surface area (TPSA) is 156 Å². The summed E-state index contributed by atoms with van der Waals surface area (Å²) in [7, 11) is 4.58. The molecule has 5 atom stereocenters. The lowest BCUT2D eigenvalue weighted by Crippen LogP contribution is -2.72. The highest BCUT2D eigenvalue weighted by atomic mass is 16.5. The molecule has 1 aromatic carbocycles. The zero-order valence-corrected chi connectivity index (χ0v) is 28.1. The molecule has 3 heterocycles. The molecule has 0 amide bonds. The third-order valence-corrected chi connectivity index (χ3v) is 10.0. The molecule has 3 aliphatic heterocycles. The molecule has 1 N–H and O–H groups in total. The Balaban J connectivity index is 1.78. The van der Waals surface area contributed by atoms with Crippen LogP contribution in [-0.2, 0) is 35.1 Å². The number of benzene rings is 1. The third kappa shape index (κ3) is 5.22. The summed E-state index contributed by atoms with van der Waals surface area (Å²) in [6.45, 7) is 8.16. The molecule has 0 spiro atoms. The van der Waals surface area contributed by atoms with Gasteiger partial charge in [-0.1, -0.05) is 13.0 Å². The normalized spacial score (nSPS) is 25.9. The monoisotopic (exact) mass is 647 g/mol. The Labute approximate surface area is 274 Å². The van der Waals surface area contributed by atoms with Crippen molar-refractivity contribution in [1.82, 2.24) is 9.80 Å². The molecule has 250 valence electrons. The SMILES string of the molecule is C/C=C(/C)C(=O)OC[C@H]1c2c(O)c(OC)c(C)c(OC(=O)CCC)c2C[C@H]2[C@H]3C4=C(C[C@H]([C@H](C#N)N12)N3C)C(=O)C(C)=C(OC)C4=O. The molecule has 0 saturated carbocycles. The number of carbonyl (C=O) groups excluding carboxylic acids is 4. The fourth-order valence-corrected chi connectivity index (χ4v) is 7.69. The minimum absolute atomic E-state index is 0.0227. The maximum atomic E-state index is 14.0. The van der Waals surface area contributed by atoms with Gasteiger partial charge in [0.1, 0.15) is 18.4 Å². The fraction of sp³-hybridized carbons (Fsp3) is 0.514. The number of Topliss-reactive ketones (excluding diaryl/α,β-unsaturated/α-hetero) is 2. The van der Waals surface area contributed by atoms with E-state index in [4.69, 9.17) is 18.9 Å². The summed E-state index contributed by atoms with van der Waals surface area (Å²) in [5.74, 6) is -1.68. The predicted octanol–water partition coefficient (Wildman–Crippen LogP) is 3.54. The van der Waals surface area contributed by atoms with Crippen molar-refractivity contribution in [3.05, 3.63) is 50.8 Å². The van der Waals surface area contributed by atoms with E-state index >= 15 is 0 Å². The number of fused-ring (bicyclic) bond motifs is 6. The third-order valence-electron chi connectivity index (χ3n) is 10.0. The highest BCUT2D eigenvalue weighted by Crippen LogP contribution is 2.55. The van der Waals surface area contributed by atoms with Crippen molar-refractivity contribution in [3.63, 3.8) is 0 Å². The van der Waals surface area contributed by atoms with Gasteiger partial charge < -0.3 is 24.1 Å². The van der Waals surface area contributed by atoms with Gasteiger partial charge in [0.05, 0.1) is 32.4 Å². The zero-order chi connectivity index (χ0) is 34.5. The van der Waals surface area contributed by atoms with Crippen LogP contribution in [0.4, 0.5) is 0 Å². The first-order chi connectivity index (χ1) is 22.4. The first-order valence-corrected chi connectivity index (χ1v) is 15.8. The maximum absolute atomic E-state index is 14.0. The van der Waals surface area contributed by atoms with Gasteiger partial charge in [0.2, 0.25) is 5.78 Å². The molecule has 0 radical (unpaired) electrons. The van der Waals surface area contributed by atoms with E-state index in [2.05, 4.69) is 6.07 Å². The lowest BCUT2D eigenvalue weighted by Gasteiger charge is -2.60. The Hall–Kier alpha value is -4.47. The molecule has 1 fully saturated rings. The molecule has 2 bridgehead atoms. The smallest absolute Gasteiger partial charge is 0.333 e. The van der Waals surface area contributed by atoms with Crippen LogP contribution in [0.15, 0.2) is 34.1 Å². The van der Waals surface area contributed by atoms with Crippen molar-refractivity contribution < 1.29 is 43.2 Å². The molecule has 0 aromatic heterocycles. The second-order valence-electron chi connectivity index (χ2n) is 12.4. The number of carbonyl (C=O) groups is 4. The first-order valence-electron chi connectivity index (χ1n) is 15.8. The molecule has 1 aromatic rings. The Morgan fingerprint density at radius 1 is 1.09 bits per heavy atom. The van der Waals surface area contributed by atoms with Gasteiger partial charge in [-0.2, -0.15) is 5.26 Å². The number of nitrogens with zero attached hydrogens (tertiary/aromatic N) is 3. The van der Waals surface area contributed by atoms with Gasteiger partial charge in [0.15, 0.2) is 23.0 Å². The number of aromatic hydroxyl groups is 1. The minimum atomic E-state index is -0.908. The van der Waals surface area contributed by atoms with Crippen LogP contribution in [0.3, 0.4) is 0 Å². The van der Waals surface area contributed by atoms with Crippen molar-refractivity contribution >= 4 is 23.5 Å². The number of phenols is 1. The Bertz CT molecular complexity index is 1700. The van der Waals surface area contributed by atoms with Crippen molar-refractivity contribution in [2.45, 2.75) is 90.5 Å². The summed E-state index contributed by atoms with van der Waals surface area (Å²) in [4.78, 5) is 57.5. The van der Waals surface area contributed by atoms with E-state index in [0.717, 1.165) is 0 Å². The molecule has 12 nitrogen and oxygen atoms in total. The van der Waals surface area contributed by atoms with E-state index in [9.17, 15) is 29.5 Å². The molecule has 1 saturated heterocycles. The fourth-order valence-electron chi connectivity index (χ4n) is 7.69. The van der Waals surface area contributed by atoms with Gasteiger partial charge >= 0.3 is 11.9 Å². The quantitative estimate of drug-likeness (QED) is 0.190. The highest BCUT2D eigenvalue weighted by molar-refractivity contribution is 6.25. The number of allylic oxidation sites excluding steroid dienone is 3. The summed E-state index contributed by atoms with van der Waals surface area (Å²) in [5.41, 5.74) is 2.44. The molecular formula is C35H41N3O9. The number of likely N-dealkylation sites (N-methyl/N-ethyl adjacent to an activating group) is 1. The van der Waals surface area contributed by atoms with Crippen LogP contribution in [0.5, 0.6) is 17.2 Å². The number of ketones is 2. The molecular weight excluding hydrogens is 606 g/mol. The number of esters is 2. The van der Waals surface area contributed by atoms with Crippen LogP contribution >= 0.6 is 0 Å². The van der Waals surface area contributed by atoms with Crippen LogP contribution in [0.1, 0.15) is 69.7 Å². The largest absolute Gasteiger partial charge is 0.504 e. The number of methoxy groups -OCH3 is 2. The van der Waals surface area contributed by atoms with Gasteiger partial charge in [0.25, 0.3) is 0 Å². The first kappa shape index (κ1) is 33.9. The summed E-state index contributed by atoms with van der Waals surface area (Å²) < 4.78 is 22.8. The molecule has 47 heavy (non-hydrogen) atoms. The Morgan fingerprint density at radius 2 is 1.79 bits per heavy atom. The number of hydrogen-bond acceptors (Lipinski definition) is 12. The van der Waals surface area contributed by atoms with E-state index in [1.165, 1.54) is 14.2 Å². The van der Waals surface area contributed by atoms with Gasteiger partial charge in [-0.3, -0.25) is 24.2 Å². The number of nitriles is 1. The summed E-state index contributed by atoms with van der Waals surface area (Å²) in [5, 5.41) is 22.5.